The number of aliphatic hydroxyl groups is 1. The van der Waals surface area contributed by atoms with Gasteiger partial charge in [0.05, 0.1) is 6.61 Å². The molecule has 0 atom stereocenters. The summed E-state index contributed by atoms with van der Waals surface area (Å²) in [6.45, 7) is 2.30. The van der Waals surface area contributed by atoms with Crippen LogP contribution in [0.2, 0.25) is 0 Å². The van der Waals surface area contributed by atoms with Crippen molar-refractivity contribution in [1.82, 2.24) is 14.3 Å². The second kappa shape index (κ2) is 6.38. The van der Waals surface area contributed by atoms with Crippen LogP contribution in [0.15, 0.2) is 21.4 Å². The third-order valence-corrected chi connectivity index (χ3v) is 4.32. The number of fused-ring (bicyclic) bond motifs is 1. The fourth-order valence-electron chi connectivity index (χ4n) is 1.87. The number of likely N-dealkylation sites (N-methyl/N-ethyl adjacent to an activating group) is 1. The van der Waals surface area contributed by atoms with Crippen molar-refractivity contribution >= 4 is 34.0 Å². The average Bonchev–Trinajstić information content (AvgIpc) is 2.92. The summed E-state index contributed by atoms with van der Waals surface area (Å²) in [5, 5.41) is 11.2. The van der Waals surface area contributed by atoms with Crippen molar-refractivity contribution in [1.29, 1.82) is 0 Å². The fraction of sp³-hybridized carbons (Fsp3) is 0.417. The lowest BCUT2D eigenvalue weighted by atomic mass is 10.2. The van der Waals surface area contributed by atoms with Crippen molar-refractivity contribution in [3.05, 3.63) is 27.5 Å². The fourth-order valence-corrected chi connectivity index (χ4v) is 3.19. The lowest BCUT2D eigenvalue weighted by Gasteiger charge is -2.20. The largest absolute Gasteiger partial charge is 0.395 e. The van der Waals surface area contributed by atoms with Crippen molar-refractivity contribution in [2.45, 2.75) is 11.9 Å². The number of aliphatic hydroxyl groups excluding tert-OH is 1. The van der Waals surface area contributed by atoms with Crippen LogP contribution < -0.4 is 5.56 Å². The first-order valence-corrected chi connectivity index (χ1v) is 8.18. The summed E-state index contributed by atoms with van der Waals surface area (Å²) in [4.78, 5) is 31.3. The summed E-state index contributed by atoms with van der Waals surface area (Å²) < 4.78 is 1.38. The normalized spacial score (nSPS) is 10.9. The highest BCUT2D eigenvalue weighted by atomic mass is 32.2. The number of carbonyl (C=O) groups excluding carboxylic acids is 1. The molecule has 1 N–H and O–H groups in total. The Balaban J connectivity index is 2.59. The predicted octanol–water partition coefficient (Wildman–Crippen LogP) is 0.932. The van der Waals surface area contributed by atoms with E-state index in [-0.39, 0.29) is 30.2 Å². The number of carbonyl (C=O) groups is 1. The Kier molecular flexibility index (Phi) is 4.79. The number of rotatable bonds is 5. The van der Waals surface area contributed by atoms with E-state index >= 15 is 0 Å². The van der Waals surface area contributed by atoms with Gasteiger partial charge in [0.25, 0.3) is 11.5 Å². The zero-order chi connectivity index (χ0) is 14.7. The molecule has 0 saturated carbocycles. The molecule has 2 aromatic heterocycles. The second-order valence-corrected chi connectivity index (χ2v) is 5.63. The van der Waals surface area contributed by atoms with Crippen LogP contribution in [0.3, 0.4) is 0 Å². The van der Waals surface area contributed by atoms with Crippen LogP contribution >= 0.6 is 23.1 Å². The van der Waals surface area contributed by atoms with Crippen LogP contribution in [0.4, 0.5) is 0 Å². The zero-order valence-electron chi connectivity index (χ0n) is 11.2. The number of thiazole rings is 1. The van der Waals surface area contributed by atoms with Crippen LogP contribution in [-0.2, 0) is 0 Å². The molecule has 0 aliphatic carbocycles. The lowest BCUT2D eigenvalue weighted by Crippen LogP contribution is -2.38. The standard InChI is InChI=1S/C12H15N3O3S2/c1-3-14(4-6-16)10(17)8-9(19-2)13-12-15(11(8)18)5-7-20-12/h5,7,16H,3-4,6H2,1-2H3. The van der Waals surface area contributed by atoms with Crippen LogP contribution in [0.25, 0.3) is 4.96 Å². The molecule has 0 aliphatic rings. The van der Waals surface area contributed by atoms with Gasteiger partial charge in [0.2, 0.25) is 0 Å². The van der Waals surface area contributed by atoms with Gasteiger partial charge in [-0.1, -0.05) is 0 Å². The second-order valence-electron chi connectivity index (χ2n) is 3.97. The number of hydrogen-bond donors (Lipinski definition) is 1. The van der Waals surface area contributed by atoms with Crippen molar-refractivity contribution in [2.75, 3.05) is 26.0 Å². The molecule has 2 heterocycles. The van der Waals surface area contributed by atoms with Gasteiger partial charge in [-0.15, -0.1) is 23.1 Å². The predicted molar refractivity (Wildman–Crippen MR) is 79.8 cm³/mol. The minimum Gasteiger partial charge on any atom is -0.395 e. The summed E-state index contributed by atoms with van der Waals surface area (Å²) in [5.41, 5.74) is -0.286. The molecule has 0 saturated heterocycles. The molecule has 0 bridgehead atoms. The number of hydrogen-bond acceptors (Lipinski definition) is 6. The number of aromatic nitrogens is 2. The summed E-state index contributed by atoms with van der Waals surface area (Å²) in [7, 11) is 0. The van der Waals surface area contributed by atoms with Gasteiger partial charge < -0.3 is 10.0 Å². The van der Waals surface area contributed by atoms with E-state index in [9.17, 15) is 9.59 Å². The van der Waals surface area contributed by atoms with Crippen molar-refractivity contribution in [2.24, 2.45) is 0 Å². The Bertz CT molecular complexity index is 680. The molecule has 0 aliphatic heterocycles. The average molecular weight is 313 g/mol. The molecule has 0 fully saturated rings. The Morgan fingerprint density at radius 3 is 2.95 bits per heavy atom. The van der Waals surface area contributed by atoms with Gasteiger partial charge in [-0.05, 0) is 13.2 Å². The molecule has 108 valence electrons. The molecule has 2 aromatic rings. The Hall–Kier alpha value is -1.38. The van der Waals surface area contributed by atoms with Crippen molar-refractivity contribution < 1.29 is 9.90 Å². The first kappa shape index (κ1) is 15.0. The smallest absolute Gasteiger partial charge is 0.272 e. The first-order chi connectivity index (χ1) is 9.63. The van der Waals surface area contributed by atoms with Crippen molar-refractivity contribution in [3.63, 3.8) is 0 Å². The molecular weight excluding hydrogens is 298 g/mol. The van der Waals surface area contributed by atoms with Crippen LogP contribution in [0.1, 0.15) is 17.3 Å². The third kappa shape index (κ3) is 2.58. The highest BCUT2D eigenvalue weighted by molar-refractivity contribution is 7.98. The summed E-state index contributed by atoms with van der Waals surface area (Å²) in [6.07, 6.45) is 3.39. The molecule has 6 nitrogen and oxygen atoms in total. The maximum atomic E-state index is 12.5. The molecule has 0 radical (unpaired) electrons. The molecule has 0 unspecified atom stereocenters. The van der Waals surface area contributed by atoms with E-state index in [0.29, 0.717) is 16.5 Å². The number of amides is 1. The lowest BCUT2D eigenvalue weighted by molar-refractivity contribution is 0.0725. The maximum absolute atomic E-state index is 12.5. The summed E-state index contributed by atoms with van der Waals surface area (Å²) >= 11 is 2.62. The molecule has 8 heteroatoms. The van der Waals surface area contributed by atoms with Crippen LogP contribution in [0, 0.1) is 0 Å². The van der Waals surface area contributed by atoms with Gasteiger partial charge in [-0.25, -0.2) is 4.98 Å². The van der Waals surface area contributed by atoms with Crippen LogP contribution in [0.5, 0.6) is 0 Å². The van der Waals surface area contributed by atoms with Gasteiger partial charge >= 0.3 is 0 Å². The summed E-state index contributed by atoms with van der Waals surface area (Å²) in [5.74, 6) is -0.385. The van der Waals surface area contributed by atoms with E-state index < -0.39 is 0 Å². The van der Waals surface area contributed by atoms with E-state index in [0.717, 1.165) is 0 Å². The van der Waals surface area contributed by atoms with E-state index in [1.807, 2.05) is 0 Å². The SMILES string of the molecule is CCN(CCO)C(=O)c1c(SC)nc2sccn2c1=O. The van der Waals surface area contributed by atoms with E-state index in [4.69, 9.17) is 5.11 Å². The monoisotopic (exact) mass is 313 g/mol. The minimum atomic E-state index is -0.385. The Labute approximate surface area is 124 Å². The highest BCUT2D eigenvalue weighted by Gasteiger charge is 2.23. The Morgan fingerprint density at radius 1 is 1.60 bits per heavy atom. The van der Waals surface area contributed by atoms with Crippen LogP contribution in [-0.4, -0.2) is 51.3 Å². The number of nitrogens with zero attached hydrogens (tertiary/aromatic N) is 3. The molecule has 1 amide bonds. The molecule has 2 rings (SSSR count). The van der Waals surface area contributed by atoms with Crippen molar-refractivity contribution in [3.8, 4) is 0 Å². The zero-order valence-corrected chi connectivity index (χ0v) is 12.8. The number of thioether (sulfide) groups is 1. The topological polar surface area (TPSA) is 74.9 Å². The highest BCUT2D eigenvalue weighted by Crippen LogP contribution is 2.19. The van der Waals surface area contributed by atoms with Gasteiger partial charge in [-0.3, -0.25) is 14.0 Å². The van der Waals surface area contributed by atoms with Gasteiger partial charge in [0, 0.05) is 24.7 Å². The van der Waals surface area contributed by atoms with Gasteiger partial charge in [0.1, 0.15) is 10.6 Å². The Morgan fingerprint density at radius 2 is 2.35 bits per heavy atom. The molecular formula is C12H15N3O3S2. The molecule has 20 heavy (non-hydrogen) atoms. The summed E-state index contributed by atoms with van der Waals surface area (Å²) in [6, 6.07) is 0. The van der Waals surface area contributed by atoms with E-state index in [1.165, 1.54) is 32.4 Å². The molecule has 0 aromatic carbocycles. The third-order valence-electron chi connectivity index (χ3n) is 2.88. The minimum absolute atomic E-state index is 0.0729. The van der Waals surface area contributed by atoms with Gasteiger partial charge in [0.15, 0.2) is 4.96 Å². The van der Waals surface area contributed by atoms with Gasteiger partial charge in [-0.2, -0.15) is 0 Å². The molecule has 0 spiro atoms. The van der Waals surface area contributed by atoms with E-state index in [2.05, 4.69) is 4.98 Å². The maximum Gasteiger partial charge on any atom is 0.272 e. The first-order valence-electron chi connectivity index (χ1n) is 6.08. The quantitative estimate of drug-likeness (QED) is 0.656. The van der Waals surface area contributed by atoms with E-state index in [1.54, 1.807) is 24.8 Å².